The number of likely N-dealkylation sites (N-methyl/N-ethyl adjacent to an activating group) is 2. The van der Waals surface area contributed by atoms with E-state index in [2.05, 4.69) is 44.1 Å². The summed E-state index contributed by atoms with van der Waals surface area (Å²) in [4.78, 5) is 4.36. The second kappa shape index (κ2) is 14.8. The van der Waals surface area contributed by atoms with Gasteiger partial charge in [0.25, 0.3) is 0 Å². The molecule has 98 valence electrons. The molecule has 1 aromatic carbocycles. The molecule has 16 heavy (non-hydrogen) atoms. The summed E-state index contributed by atoms with van der Waals surface area (Å²) in [6.07, 6.45) is 0. The molecule has 0 radical (unpaired) electrons. The van der Waals surface area contributed by atoms with Crippen LogP contribution >= 0.6 is 0 Å². The van der Waals surface area contributed by atoms with Crippen LogP contribution in [-0.2, 0) is 20.4 Å². The Morgan fingerprint density at radius 3 is 1.31 bits per heavy atom. The zero-order chi connectivity index (χ0) is 10.8. The molecule has 0 aliphatic carbocycles. The second-order valence-electron chi connectivity index (χ2n) is 3.68. The molecular formula is C13H24N2Pd-2. The van der Waals surface area contributed by atoms with Gasteiger partial charge in [-0.2, -0.15) is 36.4 Å². The molecule has 0 atom stereocenters. The van der Waals surface area contributed by atoms with E-state index >= 15 is 0 Å². The van der Waals surface area contributed by atoms with Crippen LogP contribution in [0.2, 0.25) is 0 Å². The summed E-state index contributed by atoms with van der Waals surface area (Å²) < 4.78 is 0. The fourth-order valence-electron chi connectivity index (χ4n) is 0.742. The Morgan fingerprint density at radius 2 is 1.19 bits per heavy atom. The molecular weight excluding hydrogens is 291 g/mol. The minimum atomic E-state index is 0. The average Bonchev–Trinajstić information content (AvgIpc) is 2.18. The first-order valence-electron chi connectivity index (χ1n) is 4.83. The SMILES string of the molecule is CN(C)CCN(C)C.[CH3-].[Pd].[c-]1ccccc1. The van der Waals surface area contributed by atoms with Gasteiger partial charge in [0.15, 0.2) is 0 Å². The molecule has 3 heteroatoms. The Bertz CT molecular complexity index is 166. The van der Waals surface area contributed by atoms with Crippen molar-refractivity contribution in [3.8, 4) is 0 Å². The number of rotatable bonds is 3. The zero-order valence-electron chi connectivity index (χ0n) is 11.0. The van der Waals surface area contributed by atoms with Crippen molar-refractivity contribution in [1.29, 1.82) is 0 Å². The predicted octanol–water partition coefficient (Wildman–Crippen LogP) is 2.04. The molecule has 2 nitrogen and oxygen atoms in total. The van der Waals surface area contributed by atoms with Crippen LogP contribution < -0.4 is 0 Å². The van der Waals surface area contributed by atoms with Crippen LogP contribution in [-0.4, -0.2) is 51.1 Å². The van der Waals surface area contributed by atoms with Crippen LogP contribution in [0.3, 0.4) is 0 Å². The molecule has 0 aliphatic heterocycles. The van der Waals surface area contributed by atoms with Gasteiger partial charge in [-0.15, -0.1) is 0 Å². The maximum Gasteiger partial charge on any atom is 0.0103 e. The van der Waals surface area contributed by atoms with Gasteiger partial charge in [-0.25, -0.2) is 0 Å². The Labute approximate surface area is 115 Å². The van der Waals surface area contributed by atoms with Gasteiger partial charge in [-0.3, -0.25) is 0 Å². The molecule has 0 spiro atoms. The molecule has 0 saturated heterocycles. The minimum absolute atomic E-state index is 0. The van der Waals surface area contributed by atoms with Gasteiger partial charge >= 0.3 is 0 Å². The van der Waals surface area contributed by atoms with Crippen LogP contribution in [0.1, 0.15) is 0 Å². The normalized spacial score (nSPS) is 8.62. The van der Waals surface area contributed by atoms with Crippen molar-refractivity contribution < 1.29 is 20.4 Å². The molecule has 1 aromatic rings. The number of benzene rings is 1. The third-order valence-corrected chi connectivity index (χ3v) is 1.60. The summed E-state index contributed by atoms with van der Waals surface area (Å²) >= 11 is 0. The summed E-state index contributed by atoms with van der Waals surface area (Å²) in [6.45, 7) is 2.29. The monoisotopic (exact) mass is 314 g/mol. The molecule has 0 saturated carbocycles. The van der Waals surface area contributed by atoms with Crippen LogP contribution in [0.5, 0.6) is 0 Å². The molecule has 0 bridgehead atoms. The first-order valence-corrected chi connectivity index (χ1v) is 4.83. The Kier molecular flexibility index (Phi) is 19.5. The summed E-state index contributed by atoms with van der Waals surface area (Å²) in [6, 6.07) is 12.5. The van der Waals surface area contributed by atoms with Crippen LogP contribution in [0.15, 0.2) is 30.3 Å². The van der Waals surface area contributed by atoms with Crippen molar-refractivity contribution in [3.05, 3.63) is 43.8 Å². The first-order chi connectivity index (χ1) is 6.63. The van der Waals surface area contributed by atoms with E-state index in [4.69, 9.17) is 0 Å². The molecule has 0 N–H and O–H groups in total. The molecule has 0 aliphatic rings. The number of hydrogen-bond donors (Lipinski definition) is 0. The maximum absolute atomic E-state index is 2.89. The molecule has 1 rings (SSSR count). The van der Waals surface area contributed by atoms with Crippen molar-refractivity contribution in [1.82, 2.24) is 9.80 Å². The standard InChI is InChI=1S/C6H16N2.C6H5.CH3.Pd/c1-7(2)5-6-8(3)4;1-2-4-6-5-3-1;;/h5-6H2,1-4H3;1-5H;1H3;/q;2*-1;. The van der Waals surface area contributed by atoms with Crippen LogP contribution in [0.4, 0.5) is 0 Å². The average molecular weight is 315 g/mol. The van der Waals surface area contributed by atoms with E-state index in [9.17, 15) is 0 Å². The van der Waals surface area contributed by atoms with Gasteiger partial charge in [-0.05, 0) is 28.2 Å². The van der Waals surface area contributed by atoms with Gasteiger partial charge in [-0.1, -0.05) is 0 Å². The van der Waals surface area contributed by atoms with E-state index in [0.29, 0.717) is 0 Å². The van der Waals surface area contributed by atoms with Gasteiger partial charge < -0.3 is 17.2 Å². The fourth-order valence-corrected chi connectivity index (χ4v) is 0.742. The zero-order valence-corrected chi connectivity index (χ0v) is 12.6. The Hall–Kier alpha value is -0.198. The molecule has 0 heterocycles. The van der Waals surface area contributed by atoms with Gasteiger partial charge in [0, 0.05) is 33.5 Å². The largest absolute Gasteiger partial charge is 0.358 e. The molecule has 0 aromatic heterocycles. The van der Waals surface area contributed by atoms with Crippen molar-refractivity contribution in [2.45, 2.75) is 0 Å². The number of hydrogen-bond acceptors (Lipinski definition) is 2. The second-order valence-corrected chi connectivity index (χ2v) is 3.68. The summed E-state index contributed by atoms with van der Waals surface area (Å²) in [5.41, 5.74) is 0. The Balaban J connectivity index is -0.000000192. The van der Waals surface area contributed by atoms with Gasteiger partial charge in [0.2, 0.25) is 0 Å². The quantitative estimate of drug-likeness (QED) is 0.622. The van der Waals surface area contributed by atoms with Crippen molar-refractivity contribution in [2.75, 3.05) is 41.3 Å². The first kappa shape index (κ1) is 21.1. The maximum atomic E-state index is 2.89. The predicted molar refractivity (Wildman–Crippen MR) is 68.8 cm³/mol. The van der Waals surface area contributed by atoms with E-state index in [1.54, 1.807) is 0 Å². The van der Waals surface area contributed by atoms with E-state index in [1.807, 2.05) is 30.3 Å². The van der Waals surface area contributed by atoms with Crippen molar-refractivity contribution in [3.63, 3.8) is 0 Å². The van der Waals surface area contributed by atoms with E-state index in [0.717, 1.165) is 13.1 Å². The third-order valence-electron chi connectivity index (χ3n) is 1.60. The summed E-state index contributed by atoms with van der Waals surface area (Å²) in [5, 5.41) is 0. The van der Waals surface area contributed by atoms with E-state index in [-0.39, 0.29) is 27.8 Å². The molecule has 0 amide bonds. The summed E-state index contributed by atoms with van der Waals surface area (Å²) in [7, 11) is 8.35. The van der Waals surface area contributed by atoms with Gasteiger partial charge in [0.05, 0.1) is 0 Å². The minimum Gasteiger partial charge on any atom is -0.358 e. The van der Waals surface area contributed by atoms with Crippen LogP contribution in [0.25, 0.3) is 0 Å². The van der Waals surface area contributed by atoms with E-state index < -0.39 is 0 Å². The fraction of sp³-hybridized carbons (Fsp3) is 0.462. The topological polar surface area (TPSA) is 6.48 Å². The smallest absolute Gasteiger partial charge is 0.0103 e. The molecule has 0 unspecified atom stereocenters. The Morgan fingerprint density at radius 1 is 0.812 bits per heavy atom. The summed E-state index contributed by atoms with van der Waals surface area (Å²) in [5.74, 6) is 0. The number of nitrogens with zero attached hydrogens (tertiary/aromatic N) is 2. The van der Waals surface area contributed by atoms with E-state index in [1.165, 1.54) is 0 Å². The van der Waals surface area contributed by atoms with Gasteiger partial charge in [0.1, 0.15) is 0 Å². The van der Waals surface area contributed by atoms with Crippen LogP contribution in [0, 0.1) is 13.5 Å². The van der Waals surface area contributed by atoms with Crippen molar-refractivity contribution >= 4 is 0 Å². The van der Waals surface area contributed by atoms with Crippen molar-refractivity contribution in [2.24, 2.45) is 0 Å². The molecule has 0 fully saturated rings. The third kappa shape index (κ3) is 19.4.